The molecular formula is C21H31BO2. The van der Waals surface area contributed by atoms with Crippen molar-refractivity contribution in [2.45, 2.75) is 77.9 Å². The lowest BCUT2D eigenvalue weighted by molar-refractivity contribution is 0.00578. The Morgan fingerprint density at radius 3 is 2.04 bits per heavy atom. The molecule has 3 heteroatoms. The van der Waals surface area contributed by atoms with Crippen LogP contribution in [0.3, 0.4) is 0 Å². The smallest absolute Gasteiger partial charge is 0.400 e. The van der Waals surface area contributed by atoms with E-state index in [2.05, 4.69) is 65.0 Å². The summed E-state index contributed by atoms with van der Waals surface area (Å²) in [6, 6.07) is 8.75. The third-order valence-electron chi connectivity index (χ3n) is 6.01. The maximum Gasteiger partial charge on any atom is 0.490 e. The van der Waals surface area contributed by atoms with E-state index >= 15 is 0 Å². The Labute approximate surface area is 147 Å². The van der Waals surface area contributed by atoms with Gasteiger partial charge in [-0.15, -0.1) is 0 Å². The van der Waals surface area contributed by atoms with Crippen molar-refractivity contribution in [2.75, 3.05) is 0 Å². The molecule has 0 radical (unpaired) electrons. The van der Waals surface area contributed by atoms with Crippen LogP contribution in [-0.2, 0) is 9.31 Å². The molecule has 0 bridgehead atoms. The minimum Gasteiger partial charge on any atom is -0.400 e. The normalized spacial score (nSPS) is 24.4. The molecule has 0 atom stereocenters. The molecule has 2 aliphatic rings. The molecule has 1 saturated carbocycles. The largest absolute Gasteiger partial charge is 0.490 e. The van der Waals surface area contributed by atoms with Gasteiger partial charge in [0.1, 0.15) is 0 Å². The molecule has 1 heterocycles. The summed E-state index contributed by atoms with van der Waals surface area (Å²) in [6.07, 6.45) is 8.81. The molecule has 1 saturated heterocycles. The van der Waals surface area contributed by atoms with Crippen molar-refractivity contribution in [3.63, 3.8) is 0 Å². The number of aryl methyl sites for hydroxylation is 1. The fourth-order valence-electron chi connectivity index (χ4n) is 3.65. The van der Waals surface area contributed by atoms with Gasteiger partial charge in [-0.1, -0.05) is 55.2 Å². The quantitative estimate of drug-likeness (QED) is 0.674. The van der Waals surface area contributed by atoms with Crippen molar-refractivity contribution >= 4 is 13.2 Å². The third kappa shape index (κ3) is 3.62. The van der Waals surface area contributed by atoms with E-state index in [1.807, 2.05) is 0 Å². The van der Waals surface area contributed by atoms with Crippen LogP contribution >= 0.6 is 0 Å². The third-order valence-corrected chi connectivity index (χ3v) is 6.01. The van der Waals surface area contributed by atoms with Gasteiger partial charge in [-0.2, -0.15) is 0 Å². The summed E-state index contributed by atoms with van der Waals surface area (Å²) in [6.45, 7) is 10.7. The van der Waals surface area contributed by atoms with Gasteiger partial charge in [0, 0.05) is 0 Å². The van der Waals surface area contributed by atoms with Crippen molar-refractivity contribution in [1.82, 2.24) is 0 Å². The molecule has 130 valence electrons. The molecule has 0 aromatic heterocycles. The molecule has 0 unspecified atom stereocenters. The zero-order chi connectivity index (χ0) is 17.4. The molecule has 0 spiro atoms. The average molecular weight is 326 g/mol. The summed E-state index contributed by atoms with van der Waals surface area (Å²) < 4.78 is 12.8. The maximum absolute atomic E-state index is 6.38. The standard InChI is InChI=1S/C21H31BO2/c1-16-11-13-17(14-12-16)15-19(18-9-7-6-8-10-18)22-23-20(2,3)21(4,5)24-22/h11-15,18H,6-10H2,1-5H3/b19-15+. The second kappa shape index (κ2) is 6.69. The van der Waals surface area contributed by atoms with Gasteiger partial charge < -0.3 is 9.31 Å². The number of benzene rings is 1. The van der Waals surface area contributed by atoms with Crippen LogP contribution < -0.4 is 0 Å². The van der Waals surface area contributed by atoms with Crippen LogP contribution in [0.5, 0.6) is 0 Å². The second-order valence-corrected chi connectivity index (χ2v) is 8.48. The maximum atomic E-state index is 6.38. The molecule has 1 aromatic rings. The van der Waals surface area contributed by atoms with Crippen LogP contribution in [0.25, 0.3) is 6.08 Å². The molecule has 2 nitrogen and oxygen atoms in total. The highest BCUT2D eigenvalue weighted by molar-refractivity contribution is 6.55. The van der Waals surface area contributed by atoms with Crippen LogP contribution in [0.2, 0.25) is 0 Å². The first kappa shape index (κ1) is 17.8. The second-order valence-electron chi connectivity index (χ2n) is 8.48. The van der Waals surface area contributed by atoms with Crippen LogP contribution in [0.1, 0.15) is 70.9 Å². The van der Waals surface area contributed by atoms with E-state index in [4.69, 9.17) is 9.31 Å². The van der Waals surface area contributed by atoms with Crippen LogP contribution in [0, 0.1) is 12.8 Å². The fraction of sp³-hybridized carbons (Fsp3) is 0.619. The number of hydrogen-bond acceptors (Lipinski definition) is 2. The molecule has 1 aliphatic heterocycles. The van der Waals surface area contributed by atoms with Crippen molar-refractivity contribution < 1.29 is 9.31 Å². The SMILES string of the molecule is Cc1ccc(/C=C(/B2OC(C)(C)C(C)(C)O2)C2CCCCC2)cc1. The number of allylic oxidation sites excluding steroid dienone is 1. The summed E-state index contributed by atoms with van der Waals surface area (Å²) in [4.78, 5) is 0. The van der Waals surface area contributed by atoms with Crippen molar-refractivity contribution in [3.05, 3.63) is 40.9 Å². The van der Waals surface area contributed by atoms with Gasteiger partial charge in [-0.25, -0.2) is 0 Å². The molecule has 1 aromatic carbocycles. The van der Waals surface area contributed by atoms with Crippen LogP contribution in [0.15, 0.2) is 29.7 Å². The topological polar surface area (TPSA) is 18.5 Å². The zero-order valence-electron chi connectivity index (χ0n) is 15.9. The number of hydrogen-bond donors (Lipinski definition) is 0. The highest BCUT2D eigenvalue weighted by Crippen LogP contribution is 2.42. The Morgan fingerprint density at radius 2 is 1.50 bits per heavy atom. The summed E-state index contributed by atoms with van der Waals surface area (Å²) in [5.74, 6) is 0.578. The lowest BCUT2D eigenvalue weighted by Gasteiger charge is -2.32. The Balaban J connectivity index is 1.92. The molecule has 0 N–H and O–H groups in total. The van der Waals surface area contributed by atoms with E-state index in [0.717, 1.165) is 0 Å². The Hall–Kier alpha value is -1.06. The van der Waals surface area contributed by atoms with Gasteiger partial charge in [0.05, 0.1) is 11.2 Å². The number of rotatable bonds is 3. The molecule has 3 rings (SSSR count). The predicted molar refractivity (Wildman–Crippen MR) is 102 cm³/mol. The van der Waals surface area contributed by atoms with Crippen molar-refractivity contribution in [1.29, 1.82) is 0 Å². The van der Waals surface area contributed by atoms with Crippen LogP contribution in [0.4, 0.5) is 0 Å². The van der Waals surface area contributed by atoms with Crippen LogP contribution in [-0.4, -0.2) is 18.3 Å². The lowest BCUT2D eigenvalue weighted by atomic mass is 9.66. The van der Waals surface area contributed by atoms with E-state index in [0.29, 0.717) is 5.92 Å². The average Bonchev–Trinajstić information content (AvgIpc) is 2.75. The minimum absolute atomic E-state index is 0.223. The Bertz CT molecular complexity index is 579. The highest BCUT2D eigenvalue weighted by Gasteiger charge is 2.53. The zero-order valence-corrected chi connectivity index (χ0v) is 15.9. The monoisotopic (exact) mass is 326 g/mol. The summed E-state index contributed by atoms with van der Waals surface area (Å²) in [5, 5.41) is 0. The van der Waals surface area contributed by atoms with E-state index < -0.39 is 0 Å². The van der Waals surface area contributed by atoms with Gasteiger partial charge in [-0.05, 0) is 64.4 Å². The Morgan fingerprint density at radius 1 is 0.958 bits per heavy atom. The van der Waals surface area contributed by atoms with E-state index in [1.165, 1.54) is 48.7 Å². The summed E-state index contributed by atoms with van der Waals surface area (Å²) in [7, 11) is -0.223. The van der Waals surface area contributed by atoms with Gasteiger partial charge in [0.2, 0.25) is 0 Å². The Kier molecular flexibility index (Phi) is 4.95. The first-order valence-corrected chi connectivity index (χ1v) is 9.42. The first-order valence-electron chi connectivity index (χ1n) is 9.42. The molecule has 1 aliphatic carbocycles. The summed E-state index contributed by atoms with van der Waals surface area (Å²) >= 11 is 0. The van der Waals surface area contributed by atoms with E-state index in [9.17, 15) is 0 Å². The van der Waals surface area contributed by atoms with Crippen molar-refractivity contribution in [3.8, 4) is 0 Å². The van der Waals surface area contributed by atoms with Crippen molar-refractivity contribution in [2.24, 2.45) is 5.92 Å². The van der Waals surface area contributed by atoms with Gasteiger partial charge >= 0.3 is 7.12 Å². The minimum atomic E-state index is -0.279. The molecule has 0 amide bonds. The lowest BCUT2D eigenvalue weighted by Crippen LogP contribution is -2.41. The first-order chi connectivity index (χ1) is 11.3. The van der Waals surface area contributed by atoms with Gasteiger partial charge in [0.15, 0.2) is 0 Å². The summed E-state index contributed by atoms with van der Waals surface area (Å²) in [5.41, 5.74) is 3.31. The van der Waals surface area contributed by atoms with Gasteiger partial charge in [-0.3, -0.25) is 0 Å². The van der Waals surface area contributed by atoms with Gasteiger partial charge in [0.25, 0.3) is 0 Å². The highest BCUT2D eigenvalue weighted by atomic mass is 16.7. The predicted octanol–water partition coefficient (Wildman–Crippen LogP) is 5.59. The fourth-order valence-corrected chi connectivity index (χ4v) is 3.65. The molecule has 2 fully saturated rings. The molecular weight excluding hydrogens is 295 g/mol. The van der Waals surface area contributed by atoms with E-state index in [1.54, 1.807) is 0 Å². The molecule has 24 heavy (non-hydrogen) atoms. The van der Waals surface area contributed by atoms with E-state index in [-0.39, 0.29) is 18.3 Å².